The first-order valence-corrected chi connectivity index (χ1v) is 13.3. The number of hydrogen-bond donors (Lipinski definition) is 0. The van der Waals surface area contributed by atoms with Crippen LogP contribution in [-0.2, 0) is 6.42 Å². The van der Waals surface area contributed by atoms with Crippen LogP contribution >= 0.6 is 0 Å². The molecule has 3 rings (SSSR count). The van der Waals surface area contributed by atoms with Crippen molar-refractivity contribution in [1.29, 1.82) is 0 Å². The van der Waals surface area contributed by atoms with Gasteiger partial charge in [0.25, 0.3) is 0 Å². The Morgan fingerprint density at radius 3 is 2.13 bits per heavy atom. The van der Waals surface area contributed by atoms with E-state index in [2.05, 4.69) is 56.3 Å². The van der Waals surface area contributed by atoms with Gasteiger partial charge in [-0.05, 0) is 66.6 Å². The van der Waals surface area contributed by atoms with Crippen LogP contribution in [0.25, 0.3) is 5.57 Å². The standard InChI is InChI=1S/C30H46/c1-3-5-7-8-9-10-12-26-15-19-28(20-16-26)30-23-21-29(22-24-30)27-17-13-25(14-18-27)11-6-4-2/h13-14,17-18,21-23,26,28,30H,3-12,15-16,19-20,24H2,1-2H3. The van der Waals surface area contributed by atoms with Crippen LogP contribution in [0.3, 0.4) is 0 Å². The van der Waals surface area contributed by atoms with Gasteiger partial charge in [-0.3, -0.25) is 0 Å². The SMILES string of the molecule is CCCCCCCCC1CCC(C2C=CC(c3ccc(CCCC)cc3)=CC2)CC1. The Labute approximate surface area is 187 Å². The summed E-state index contributed by atoms with van der Waals surface area (Å²) in [7, 11) is 0. The van der Waals surface area contributed by atoms with Crippen LogP contribution in [0.2, 0.25) is 0 Å². The Balaban J connectivity index is 1.36. The second kappa shape index (κ2) is 13.2. The van der Waals surface area contributed by atoms with Crippen molar-refractivity contribution in [3.8, 4) is 0 Å². The van der Waals surface area contributed by atoms with Crippen LogP contribution in [-0.4, -0.2) is 0 Å². The molecule has 0 aromatic heterocycles. The van der Waals surface area contributed by atoms with Gasteiger partial charge in [-0.15, -0.1) is 0 Å². The lowest BCUT2D eigenvalue weighted by atomic mass is 9.72. The normalized spacial score (nSPS) is 24.1. The molecule has 0 radical (unpaired) electrons. The minimum atomic E-state index is 0.785. The van der Waals surface area contributed by atoms with Crippen molar-refractivity contribution in [1.82, 2.24) is 0 Å². The molecule has 0 heterocycles. The lowest BCUT2D eigenvalue weighted by molar-refractivity contribution is 0.218. The van der Waals surface area contributed by atoms with E-state index in [0.29, 0.717) is 0 Å². The summed E-state index contributed by atoms with van der Waals surface area (Å²) in [5.41, 5.74) is 4.31. The molecule has 1 saturated carbocycles. The molecule has 0 amide bonds. The van der Waals surface area contributed by atoms with Gasteiger partial charge in [-0.2, -0.15) is 0 Å². The topological polar surface area (TPSA) is 0 Å². The fourth-order valence-electron chi connectivity index (χ4n) is 5.56. The number of unbranched alkanes of at least 4 members (excludes halogenated alkanes) is 6. The summed E-state index contributed by atoms with van der Waals surface area (Å²) < 4.78 is 0. The van der Waals surface area contributed by atoms with Crippen molar-refractivity contribution in [3.05, 3.63) is 53.6 Å². The maximum atomic E-state index is 2.54. The van der Waals surface area contributed by atoms with E-state index in [1.807, 2.05) is 0 Å². The average molecular weight is 407 g/mol. The average Bonchev–Trinajstić information content (AvgIpc) is 2.81. The van der Waals surface area contributed by atoms with Crippen LogP contribution in [0.4, 0.5) is 0 Å². The van der Waals surface area contributed by atoms with Crippen LogP contribution in [0, 0.1) is 17.8 Å². The van der Waals surface area contributed by atoms with E-state index in [1.165, 1.54) is 113 Å². The van der Waals surface area contributed by atoms with Crippen molar-refractivity contribution in [2.45, 2.75) is 110 Å². The van der Waals surface area contributed by atoms with Crippen LogP contribution in [0.1, 0.15) is 115 Å². The zero-order valence-electron chi connectivity index (χ0n) is 19.9. The van der Waals surface area contributed by atoms with E-state index >= 15 is 0 Å². The Morgan fingerprint density at radius 2 is 1.47 bits per heavy atom. The highest BCUT2D eigenvalue weighted by Crippen LogP contribution is 2.39. The first-order chi connectivity index (χ1) is 14.8. The van der Waals surface area contributed by atoms with Crippen LogP contribution < -0.4 is 0 Å². The third kappa shape index (κ3) is 7.44. The minimum absolute atomic E-state index is 0.785. The summed E-state index contributed by atoms with van der Waals surface area (Å²) in [5.74, 6) is 2.74. The summed E-state index contributed by atoms with van der Waals surface area (Å²) >= 11 is 0. The molecule has 1 fully saturated rings. The molecule has 2 aliphatic carbocycles. The van der Waals surface area contributed by atoms with Gasteiger partial charge in [0.1, 0.15) is 0 Å². The molecule has 0 N–H and O–H groups in total. The van der Waals surface area contributed by atoms with E-state index in [-0.39, 0.29) is 0 Å². The lowest BCUT2D eigenvalue weighted by Gasteiger charge is -2.33. The van der Waals surface area contributed by atoms with E-state index < -0.39 is 0 Å². The first kappa shape index (κ1) is 23.4. The van der Waals surface area contributed by atoms with E-state index in [9.17, 15) is 0 Å². The Hall–Kier alpha value is -1.30. The summed E-state index contributed by atoms with van der Waals surface area (Å²) in [5, 5.41) is 0. The highest BCUT2D eigenvalue weighted by molar-refractivity contribution is 5.75. The number of allylic oxidation sites excluding steroid dienone is 4. The second-order valence-corrected chi connectivity index (χ2v) is 10.1. The van der Waals surface area contributed by atoms with E-state index in [4.69, 9.17) is 0 Å². The van der Waals surface area contributed by atoms with Gasteiger partial charge in [0, 0.05) is 0 Å². The molecular weight excluding hydrogens is 360 g/mol. The number of benzene rings is 1. The van der Waals surface area contributed by atoms with Crippen molar-refractivity contribution < 1.29 is 0 Å². The molecule has 0 bridgehead atoms. The summed E-state index contributed by atoms with van der Waals surface area (Å²) in [4.78, 5) is 0. The van der Waals surface area contributed by atoms with Gasteiger partial charge in [-0.25, -0.2) is 0 Å². The Morgan fingerprint density at radius 1 is 0.767 bits per heavy atom. The van der Waals surface area contributed by atoms with Gasteiger partial charge < -0.3 is 0 Å². The number of rotatable bonds is 12. The van der Waals surface area contributed by atoms with Crippen LogP contribution in [0.5, 0.6) is 0 Å². The molecule has 0 nitrogen and oxygen atoms in total. The Bertz CT molecular complexity index is 639. The van der Waals surface area contributed by atoms with Crippen molar-refractivity contribution >= 4 is 5.57 Å². The van der Waals surface area contributed by atoms with Gasteiger partial charge in [-0.1, -0.05) is 121 Å². The molecule has 0 saturated heterocycles. The first-order valence-electron chi connectivity index (χ1n) is 13.3. The summed E-state index contributed by atoms with van der Waals surface area (Å²) in [6, 6.07) is 9.32. The Kier molecular flexibility index (Phi) is 10.3. The maximum absolute atomic E-state index is 2.54. The largest absolute Gasteiger partial charge is 0.0802 e. The molecule has 0 aliphatic heterocycles. The quantitative estimate of drug-likeness (QED) is 0.303. The van der Waals surface area contributed by atoms with Gasteiger partial charge in [0.05, 0.1) is 0 Å². The highest BCUT2D eigenvalue weighted by atomic mass is 14.3. The summed E-state index contributed by atoms with van der Waals surface area (Å²) in [6.45, 7) is 4.58. The van der Waals surface area contributed by atoms with Crippen LogP contribution in [0.15, 0.2) is 42.5 Å². The molecule has 2 aliphatic rings. The molecular formula is C30H46. The van der Waals surface area contributed by atoms with Gasteiger partial charge in [0.2, 0.25) is 0 Å². The third-order valence-electron chi connectivity index (χ3n) is 7.70. The highest BCUT2D eigenvalue weighted by Gasteiger charge is 2.26. The molecule has 1 unspecified atom stereocenters. The zero-order chi connectivity index (χ0) is 21.0. The molecule has 30 heavy (non-hydrogen) atoms. The fourth-order valence-corrected chi connectivity index (χ4v) is 5.56. The molecule has 1 aromatic rings. The molecule has 1 atom stereocenters. The predicted molar refractivity (Wildman–Crippen MR) is 134 cm³/mol. The number of aryl methyl sites for hydroxylation is 1. The van der Waals surface area contributed by atoms with Gasteiger partial charge >= 0.3 is 0 Å². The molecule has 0 spiro atoms. The smallest absolute Gasteiger partial charge is 0.0167 e. The number of hydrogen-bond acceptors (Lipinski definition) is 0. The maximum Gasteiger partial charge on any atom is -0.0167 e. The third-order valence-corrected chi connectivity index (χ3v) is 7.70. The predicted octanol–water partition coefficient (Wildman–Crippen LogP) is 9.55. The monoisotopic (exact) mass is 406 g/mol. The molecule has 0 heteroatoms. The zero-order valence-corrected chi connectivity index (χ0v) is 19.9. The minimum Gasteiger partial charge on any atom is -0.0802 e. The van der Waals surface area contributed by atoms with Gasteiger partial charge in [0.15, 0.2) is 0 Å². The second-order valence-electron chi connectivity index (χ2n) is 10.1. The van der Waals surface area contributed by atoms with Crippen molar-refractivity contribution in [2.24, 2.45) is 17.8 Å². The summed E-state index contributed by atoms with van der Waals surface area (Å²) in [6.07, 6.45) is 28.6. The van der Waals surface area contributed by atoms with E-state index in [0.717, 1.165) is 17.8 Å². The fraction of sp³-hybridized carbons (Fsp3) is 0.667. The molecule has 1 aromatic carbocycles. The molecule has 166 valence electrons. The van der Waals surface area contributed by atoms with Crippen molar-refractivity contribution in [3.63, 3.8) is 0 Å². The van der Waals surface area contributed by atoms with Crippen molar-refractivity contribution in [2.75, 3.05) is 0 Å². The lowest BCUT2D eigenvalue weighted by Crippen LogP contribution is -2.21. The van der Waals surface area contributed by atoms with E-state index in [1.54, 1.807) is 0 Å².